The van der Waals surface area contributed by atoms with Gasteiger partial charge < -0.3 is 0 Å². The Labute approximate surface area is 194 Å². The van der Waals surface area contributed by atoms with Crippen molar-refractivity contribution < 1.29 is 9.18 Å². The topological polar surface area (TPSA) is 47.9 Å². The maximum atomic E-state index is 13.0. The van der Waals surface area contributed by atoms with Gasteiger partial charge in [0.2, 0.25) is 0 Å². The zero-order chi connectivity index (χ0) is 23.0. The van der Waals surface area contributed by atoms with Gasteiger partial charge in [0.05, 0.1) is 5.71 Å². The summed E-state index contributed by atoms with van der Waals surface area (Å²) in [7, 11) is 0. The van der Waals surface area contributed by atoms with Gasteiger partial charge in [-0.2, -0.15) is 5.10 Å². The molecule has 1 saturated heterocycles. The predicted octanol–water partition coefficient (Wildman–Crippen LogP) is 4.30. The van der Waals surface area contributed by atoms with Crippen molar-refractivity contribution in [1.82, 2.24) is 15.2 Å². The molecular formula is C27H29FN4O. The van der Waals surface area contributed by atoms with Crippen LogP contribution >= 0.6 is 0 Å². The van der Waals surface area contributed by atoms with Gasteiger partial charge >= 0.3 is 0 Å². The third kappa shape index (κ3) is 6.57. The zero-order valence-electron chi connectivity index (χ0n) is 18.9. The molecule has 0 saturated carbocycles. The lowest BCUT2D eigenvalue weighted by atomic mass is 10.1. The highest BCUT2D eigenvalue weighted by molar-refractivity contribution is 6.00. The molecule has 3 aromatic carbocycles. The van der Waals surface area contributed by atoms with E-state index in [-0.39, 0.29) is 11.7 Å². The Morgan fingerprint density at radius 1 is 0.788 bits per heavy atom. The molecule has 170 valence electrons. The lowest BCUT2D eigenvalue weighted by Gasteiger charge is -2.34. The maximum absolute atomic E-state index is 13.0. The number of nitrogens with one attached hydrogen (secondary N) is 1. The fraction of sp³-hybridized carbons (Fsp3) is 0.259. The number of nitrogens with zero attached hydrogens (tertiary/aromatic N) is 3. The number of amides is 1. The molecule has 0 aromatic heterocycles. The van der Waals surface area contributed by atoms with E-state index in [1.165, 1.54) is 23.3 Å². The normalized spacial score (nSPS) is 15.4. The molecule has 4 rings (SSSR count). The van der Waals surface area contributed by atoms with Crippen molar-refractivity contribution in [3.63, 3.8) is 0 Å². The highest BCUT2D eigenvalue weighted by atomic mass is 19.1. The van der Waals surface area contributed by atoms with E-state index in [1.54, 1.807) is 19.1 Å². The molecule has 1 amide bonds. The molecule has 1 aliphatic heterocycles. The van der Waals surface area contributed by atoms with Crippen molar-refractivity contribution in [3.05, 3.63) is 107 Å². The van der Waals surface area contributed by atoms with Gasteiger partial charge in [-0.15, -0.1) is 0 Å². The summed E-state index contributed by atoms with van der Waals surface area (Å²) >= 11 is 0. The fourth-order valence-corrected chi connectivity index (χ4v) is 3.92. The second kappa shape index (κ2) is 11.0. The Bertz CT molecular complexity index is 1070. The van der Waals surface area contributed by atoms with Crippen LogP contribution in [0, 0.1) is 5.82 Å². The van der Waals surface area contributed by atoms with E-state index in [0.29, 0.717) is 11.3 Å². The number of carbonyl (C=O) groups excluding carboxylic acids is 1. The highest BCUT2D eigenvalue weighted by Gasteiger charge is 2.17. The molecule has 33 heavy (non-hydrogen) atoms. The molecule has 5 nitrogen and oxygen atoms in total. The molecule has 0 aliphatic carbocycles. The molecule has 1 aliphatic rings. The number of hydrogen-bond donors (Lipinski definition) is 1. The average molecular weight is 445 g/mol. The van der Waals surface area contributed by atoms with E-state index in [9.17, 15) is 9.18 Å². The molecule has 1 N–H and O–H groups in total. The van der Waals surface area contributed by atoms with Crippen molar-refractivity contribution in [1.29, 1.82) is 0 Å². The van der Waals surface area contributed by atoms with Crippen LogP contribution in [0.15, 0.2) is 84.0 Å². The summed E-state index contributed by atoms with van der Waals surface area (Å²) in [5.74, 6) is -0.567. The molecule has 0 radical (unpaired) electrons. The van der Waals surface area contributed by atoms with Crippen LogP contribution in [0.2, 0.25) is 0 Å². The van der Waals surface area contributed by atoms with E-state index in [0.717, 1.165) is 44.8 Å². The number of hydrazone groups is 1. The summed E-state index contributed by atoms with van der Waals surface area (Å²) in [5, 5.41) is 4.14. The van der Waals surface area contributed by atoms with Gasteiger partial charge in [-0.3, -0.25) is 14.6 Å². The summed E-state index contributed by atoms with van der Waals surface area (Å²) in [5.41, 5.74) is 7.06. The van der Waals surface area contributed by atoms with Gasteiger partial charge in [0, 0.05) is 44.8 Å². The van der Waals surface area contributed by atoms with Gasteiger partial charge in [0.15, 0.2) is 0 Å². The number of carbonyl (C=O) groups is 1. The zero-order valence-corrected chi connectivity index (χ0v) is 18.9. The number of halogens is 1. The number of hydrogen-bond acceptors (Lipinski definition) is 4. The predicted molar refractivity (Wildman–Crippen MR) is 130 cm³/mol. The van der Waals surface area contributed by atoms with Gasteiger partial charge in [0.1, 0.15) is 5.82 Å². The third-order valence-electron chi connectivity index (χ3n) is 5.92. The van der Waals surface area contributed by atoms with Gasteiger partial charge in [0.25, 0.3) is 5.91 Å². The first-order valence-electron chi connectivity index (χ1n) is 11.2. The summed E-state index contributed by atoms with van der Waals surface area (Å²) in [6.07, 6.45) is 0. The quantitative estimate of drug-likeness (QED) is 0.437. The van der Waals surface area contributed by atoms with Gasteiger partial charge in [-0.05, 0) is 47.9 Å². The molecule has 1 heterocycles. The van der Waals surface area contributed by atoms with Gasteiger partial charge in [-0.1, -0.05) is 54.6 Å². The largest absolute Gasteiger partial charge is 0.297 e. The molecule has 0 bridgehead atoms. The summed E-state index contributed by atoms with van der Waals surface area (Å²) in [6.45, 7) is 7.83. The number of piperazine rings is 1. The first kappa shape index (κ1) is 22.8. The first-order valence-corrected chi connectivity index (χ1v) is 11.2. The Kier molecular flexibility index (Phi) is 7.60. The molecule has 0 spiro atoms. The second-order valence-electron chi connectivity index (χ2n) is 8.38. The Morgan fingerprint density at radius 3 is 1.88 bits per heavy atom. The molecule has 3 aromatic rings. The molecule has 0 atom stereocenters. The van der Waals surface area contributed by atoms with Crippen molar-refractivity contribution in [2.45, 2.75) is 20.0 Å². The lowest BCUT2D eigenvalue weighted by molar-refractivity contribution is 0.0954. The smallest absolute Gasteiger partial charge is 0.271 e. The van der Waals surface area contributed by atoms with E-state index < -0.39 is 0 Å². The molecular weight excluding hydrogens is 415 g/mol. The van der Waals surface area contributed by atoms with E-state index in [4.69, 9.17) is 0 Å². The van der Waals surface area contributed by atoms with Crippen LogP contribution in [0.5, 0.6) is 0 Å². The first-order chi connectivity index (χ1) is 16.1. The van der Waals surface area contributed by atoms with Crippen molar-refractivity contribution in [2.75, 3.05) is 26.2 Å². The standard InChI is InChI=1S/C27H29FN4O/c1-21(24-11-13-26(28)14-12-24)29-30-27(33)25-9-7-23(8-10-25)20-32-17-15-31(16-18-32)19-22-5-3-2-4-6-22/h2-14H,15-20H2,1H3,(H,30,33)/b29-21-. The van der Waals surface area contributed by atoms with Crippen LogP contribution in [0.4, 0.5) is 4.39 Å². The lowest BCUT2D eigenvalue weighted by Crippen LogP contribution is -2.45. The Morgan fingerprint density at radius 2 is 1.30 bits per heavy atom. The van der Waals surface area contributed by atoms with Crippen LogP contribution in [0.3, 0.4) is 0 Å². The van der Waals surface area contributed by atoms with E-state index >= 15 is 0 Å². The van der Waals surface area contributed by atoms with Gasteiger partial charge in [-0.25, -0.2) is 9.82 Å². The van der Waals surface area contributed by atoms with Crippen molar-refractivity contribution >= 4 is 11.6 Å². The van der Waals surface area contributed by atoms with Crippen LogP contribution in [-0.4, -0.2) is 47.6 Å². The molecule has 0 unspecified atom stereocenters. The monoisotopic (exact) mass is 444 g/mol. The fourth-order valence-electron chi connectivity index (χ4n) is 3.92. The molecule has 1 fully saturated rings. The SMILES string of the molecule is C/C(=N/NC(=O)c1ccc(CN2CCN(Cc3ccccc3)CC2)cc1)c1ccc(F)cc1. The second-order valence-corrected chi connectivity index (χ2v) is 8.38. The average Bonchev–Trinajstić information content (AvgIpc) is 2.85. The van der Waals surface area contributed by atoms with Crippen LogP contribution in [-0.2, 0) is 13.1 Å². The van der Waals surface area contributed by atoms with E-state index in [1.807, 2.05) is 24.3 Å². The van der Waals surface area contributed by atoms with Crippen molar-refractivity contribution in [2.24, 2.45) is 5.10 Å². The van der Waals surface area contributed by atoms with Crippen LogP contribution in [0.25, 0.3) is 0 Å². The minimum atomic E-state index is -0.301. The Hall–Kier alpha value is -3.35. The highest BCUT2D eigenvalue weighted by Crippen LogP contribution is 2.13. The summed E-state index contributed by atoms with van der Waals surface area (Å²) in [6, 6.07) is 24.3. The number of benzene rings is 3. The van der Waals surface area contributed by atoms with Crippen LogP contribution in [0.1, 0.15) is 34.0 Å². The summed E-state index contributed by atoms with van der Waals surface area (Å²) < 4.78 is 13.0. The third-order valence-corrected chi connectivity index (χ3v) is 5.92. The molecule has 6 heteroatoms. The Balaban J connectivity index is 1.25. The minimum absolute atomic E-state index is 0.266. The van der Waals surface area contributed by atoms with Crippen LogP contribution < -0.4 is 5.43 Å². The maximum Gasteiger partial charge on any atom is 0.271 e. The van der Waals surface area contributed by atoms with Crippen molar-refractivity contribution in [3.8, 4) is 0 Å². The van der Waals surface area contributed by atoms with E-state index in [2.05, 4.69) is 50.7 Å². The number of rotatable bonds is 7. The summed E-state index contributed by atoms with van der Waals surface area (Å²) in [4.78, 5) is 17.4. The minimum Gasteiger partial charge on any atom is -0.297 e.